The SMILES string of the molecule is CCCCc1ccc(OCC(C)O)cc1. The van der Waals surface area contributed by atoms with E-state index in [9.17, 15) is 0 Å². The van der Waals surface area contributed by atoms with E-state index in [0.717, 1.165) is 12.2 Å². The van der Waals surface area contributed by atoms with Crippen LogP contribution in [0.2, 0.25) is 0 Å². The second-order valence-electron chi connectivity index (χ2n) is 3.91. The Kier molecular flexibility index (Phi) is 5.19. The van der Waals surface area contributed by atoms with Gasteiger partial charge in [0.15, 0.2) is 0 Å². The predicted molar refractivity (Wildman–Crippen MR) is 62.2 cm³/mol. The number of unbranched alkanes of at least 4 members (excludes halogenated alkanes) is 1. The Labute approximate surface area is 91.9 Å². The van der Waals surface area contributed by atoms with Gasteiger partial charge in [0.25, 0.3) is 0 Å². The third-order valence-corrected chi connectivity index (χ3v) is 2.23. The van der Waals surface area contributed by atoms with Crippen LogP contribution in [0, 0.1) is 0 Å². The molecular formula is C13H20O2. The van der Waals surface area contributed by atoms with Crippen molar-refractivity contribution in [3.05, 3.63) is 29.8 Å². The summed E-state index contributed by atoms with van der Waals surface area (Å²) in [7, 11) is 0. The van der Waals surface area contributed by atoms with Crippen molar-refractivity contribution in [3.8, 4) is 5.75 Å². The molecule has 0 aliphatic rings. The van der Waals surface area contributed by atoms with Crippen molar-refractivity contribution in [2.45, 2.75) is 39.2 Å². The fraction of sp³-hybridized carbons (Fsp3) is 0.538. The van der Waals surface area contributed by atoms with Crippen LogP contribution in [-0.2, 0) is 6.42 Å². The van der Waals surface area contributed by atoms with E-state index in [1.807, 2.05) is 12.1 Å². The minimum Gasteiger partial charge on any atom is -0.491 e. The molecule has 0 spiro atoms. The van der Waals surface area contributed by atoms with Crippen molar-refractivity contribution in [2.24, 2.45) is 0 Å². The van der Waals surface area contributed by atoms with Gasteiger partial charge in [-0.2, -0.15) is 0 Å². The maximum Gasteiger partial charge on any atom is 0.119 e. The normalized spacial score (nSPS) is 12.5. The molecule has 0 heterocycles. The average molecular weight is 208 g/mol. The third-order valence-electron chi connectivity index (χ3n) is 2.23. The molecule has 1 N–H and O–H groups in total. The number of hydrogen-bond acceptors (Lipinski definition) is 2. The van der Waals surface area contributed by atoms with E-state index < -0.39 is 6.10 Å². The van der Waals surface area contributed by atoms with Crippen molar-refractivity contribution >= 4 is 0 Å². The standard InChI is InChI=1S/C13H20O2/c1-3-4-5-12-6-8-13(9-7-12)15-10-11(2)14/h6-9,11,14H,3-5,10H2,1-2H3. The number of aliphatic hydroxyl groups is 1. The number of aryl methyl sites for hydroxylation is 1. The first kappa shape index (κ1) is 12.1. The molecule has 2 nitrogen and oxygen atoms in total. The van der Waals surface area contributed by atoms with Crippen molar-refractivity contribution in [1.82, 2.24) is 0 Å². The van der Waals surface area contributed by atoms with Gasteiger partial charge < -0.3 is 9.84 Å². The van der Waals surface area contributed by atoms with E-state index in [-0.39, 0.29) is 0 Å². The van der Waals surface area contributed by atoms with Crippen molar-refractivity contribution in [3.63, 3.8) is 0 Å². The van der Waals surface area contributed by atoms with Crippen LogP contribution >= 0.6 is 0 Å². The highest BCUT2D eigenvalue weighted by Gasteiger charge is 1.98. The average Bonchev–Trinajstić information content (AvgIpc) is 2.25. The first-order valence-electron chi connectivity index (χ1n) is 5.62. The van der Waals surface area contributed by atoms with E-state index in [2.05, 4.69) is 19.1 Å². The maximum absolute atomic E-state index is 9.06. The zero-order valence-corrected chi connectivity index (χ0v) is 9.57. The predicted octanol–water partition coefficient (Wildman–Crippen LogP) is 2.79. The lowest BCUT2D eigenvalue weighted by atomic mass is 10.1. The van der Waals surface area contributed by atoms with Crippen LogP contribution < -0.4 is 4.74 Å². The summed E-state index contributed by atoms with van der Waals surface area (Å²) in [6.07, 6.45) is 3.17. The van der Waals surface area contributed by atoms with E-state index >= 15 is 0 Å². The highest BCUT2D eigenvalue weighted by atomic mass is 16.5. The quantitative estimate of drug-likeness (QED) is 0.779. The molecule has 0 aliphatic heterocycles. The highest BCUT2D eigenvalue weighted by Crippen LogP contribution is 2.14. The van der Waals surface area contributed by atoms with Crippen molar-refractivity contribution in [1.29, 1.82) is 0 Å². The fourth-order valence-electron chi connectivity index (χ4n) is 1.35. The van der Waals surface area contributed by atoms with Crippen molar-refractivity contribution in [2.75, 3.05) is 6.61 Å². The van der Waals surface area contributed by atoms with E-state index in [4.69, 9.17) is 9.84 Å². The molecule has 1 atom stereocenters. The number of aliphatic hydroxyl groups excluding tert-OH is 1. The molecule has 0 aliphatic carbocycles. The lowest BCUT2D eigenvalue weighted by molar-refractivity contribution is 0.122. The molecule has 0 saturated carbocycles. The molecule has 0 fully saturated rings. The molecule has 1 aromatic carbocycles. The Bertz CT molecular complexity index is 264. The number of ether oxygens (including phenoxy) is 1. The summed E-state index contributed by atoms with van der Waals surface area (Å²) in [5.74, 6) is 0.830. The van der Waals surface area contributed by atoms with Crippen LogP contribution in [0.15, 0.2) is 24.3 Å². The van der Waals surface area contributed by atoms with Crippen LogP contribution in [0.3, 0.4) is 0 Å². The Morgan fingerprint density at radius 1 is 1.27 bits per heavy atom. The Morgan fingerprint density at radius 2 is 1.93 bits per heavy atom. The molecule has 0 amide bonds. The second-order valence-corrected chi connectivity index (χ2v) is 3.91. The second kappa shape index (κ2) is 6.46. The van der Waals surface area contributed by atoms with E-state index in [1.165, 1.54) is 18.4 Å². The molecule has 0 bridgehead atoms. The van der Waals surface area contributed by atoms with Gasteiger partial charge in [0, 0.05) is 0 Å². The van der Waals surface area contributed by atoms with Crippen molar-refractivity contribution < 1.29 is 9.84 Å². The van der Waals surface area contributed by atoms with Crippen LogP contribution in [-0.4, -0.2) is 17.8 Å². The Balaban J connectivity index is 2.41. The van der Waals surface area contributed by atoms with Crippen LogP contribution in [0.1, 0.15) is 32.3 Å². The first-order chi connectivity index (χ1) is 7.22. The lowest BCUT2D eigenvalue weighted by Gasteiger charge is -2.08. The van der Waals surface area contributed by atoms with Gasteiger partial charge in [-0.3, -0.25) is 0 Å². The summed E-state index contributed by atoms with van der Waals surface area (Å²) >= 11 is 0. The number of hydrogen-bond donors (Lipinski definition) is 1. The molecule has 1 aromatic rings. The van der Waals surface area contributed by atoms with Gasteiger partial charge in [-0.25, -0.2) is 0 Å². The monoisotopic (exact) mass is 208 g/mol. The summed E-state index contributed by atoms with van der Waals surface area (Å²) in [5.41, 5.74) is 1.35. The van der Waals surface area contributed by atoms with Crippen LogP contribution in [0.25, 0.3) is 0 Å². The Morgan fingerprint density at radius 3 is 2.47 bits per heavy atom. The Hall–Kier alpha value is -1.02. The minimum absolute atomic E-state index is 0.355. The van der Waals surface area contributed by atoms with Gasteiger partial charge in [0.05, 0.1) is 6.10 Å². The molecule has 0 saturated heterocycles. The maximum atomic E-state index is 9.06. The molecule has 0 aromatic heterocycles. The molecule has 84 valence electrons. The largest absolute Gasteiger partial charge is 0.491 e. The number of benzene rings is 1. The summed E-state index contributed by atoms with van der Waals surface area (Å²) in [6, 6.07) is 8.11. The zero-order valence-electron chi connectivity index (χ0n) is 9.57. The molecular weight excluding hydrogens is 188 g/mol. The van der Waals surface area contributed by atoms with Crippen LogP contribution in [0.4, 0.5) is 0 Å². The molecule has 1 unspecified atom stereocenters. The minimum atomic E-state index is -0.412. The van der Waals surface area contributed by atoms with Gasteiger partial charge in [-0.05, 0) is 37.5 Å². The van der Waals surface area contributed by atoms with Gasteiger partial charge in [0.1, 0.15) is 12.4 Å². The van der Waals surface area contributed by atoms with Gasteiger partial charge in [-0.15, -0.1) is 0 Å². The number of rotatable bonds is 6. The highest BCUT2D eigenvalue weighted by molar-refractivity contribution is 5.27. The summed E-state index contributed by atoms with van der Waals surface area (Å²) in [6.45, 7) is 4.27. The van der Waals surface area contributed by atoms with E-state index in [1.54, 1.807) is 6.92 Å². The fourth-order valence-corrected chi connectivity index (χ4v) is 1.35. The van der Waals surface area contributed by atoms with E-state index in [0.29, 0.717) is 6.61 Å². The summed E-state index contributed by atoms with van der Waals surface area (Å²) in [4.78, 5) is 0. The molecule has 15 heavy (non-hydrogen) atoms. The lowest BCUT2D eigenvalue weighted by Crippen LogP contribution is -2.12. The molecule has 1 rings (SSSR count). The third kappa shape index (κ3) is 4.84. The molecule has 0 radical (unpaired) electrons. The summed E-state index contributed by atoms with van der Waals surface area (Å²) < 4.78 is 5.38. The van der Waals surface area contributed by atoms with Gasteiger partial charge >= 0.3 is 0 Å². The smallest absolute Gasteiger partial charge is 0.119 e. The first-order valence-corrected chi connectivity index (χ1v) is 5.62. The van der Waals surface area contributed by atoms with Crippen LogP contribution in [0.5, 0.6) is 5.75 Å². The van der Waals surface area contributed by atoms with Gasteiger partial charge in [-0.1, -0.05) is 25.5 Å². The molecule has 2 heteroatoms. The zero-order chi connectivity index (χ0) is 11.1. The summed E-state index contributed by atoms with van der Waals surface area (Å²) in [5, 5.41) is 9.06. The topological polar surface area (TPSA) is 29.5 Å². The van der Waals surface area contributed by atoms with Gasteiger partial charge in [0.2, 0.25) is 0 Å².